The van der Waals surface area contributed by atoms with Crippen LogP contribution in [0.3, 0.4) is 0 Å². The second-order valence-corrected chi connectivity index (χ2v) is 6.81. The Morgan fingerprint density at radius 1 is 1.27 bits per heavy atom. The minimum absolute atomic E-state index is 0.0124. The van der Waals surface area contributed by atoms with Crippen molar-refractivity contribution in [1.82, 2.24) is 15.5 Å². The standard InChI is InChI=1S/C15H23N3O3S/c1-5-18(10-12(19)17-15(2,3)4)13(20)9-16-14(21)11-7-6-8-22-11/h6-8H,5,9-10H2,1-4H3,(H,16,21)(H,17,19). The van der Waals surface area contributed by atoms with Crippen LogP contribution in [0.25, 0.3) is 0 Å². The molecule has 0 aliphatic rings. The fourth-order valence-corrected chi connectivity index (χ4v) is 2.41. The van der Waals surface area contributed by atoms with Crippen molar-refractivity contribution in [3.8, 4) is 0 Å². The van der Waals surface area contributed by atoms with Crippen LogP contribution in [0, 0.1) is 0 Å². The van der Waals surface area contributed by atoms with E-state index < -0.39 is 0 Å². The van der Waals surface area contributed by atoms with Gasteiger partial charge in [0.2, 0.25) is 11.8 Å². The molecule has 22 heavy (non-hydrogen) atoms. The van der Waals surface area contributed by atoms with Crippen molar-refractivity contribution in [1.29, 1.82) is 0 Å². The summed E-state index contributed by atoms with van der Waals surface area (Å²) in [6.07, 6.45) is 0. The van der Waals surface area contributed by atoms with Crippen LogP contribution in [0.5, 0.6) is 0 Å². The lowest BCUT2D eigenvalue weighted by Gasteiger charge is -2.25. The molecule has 0 saturated heterocycles. The molecule has 7 heteroatoms. The van der Waals surface area contributed by atoms with Crippen molar-refractivity contribution in [2.45, 2.75) is 33.2 Å². The summed E-state index contributed by atoms with van der Waals surface area (Å²) < 4.78 is 0. The van der Waals surface area contributed by atoms with Gasteiger partial charge >= 0.3 is 0 Å². The van der Waals surface area contributed by atoms with Crippen LogP contribution in [0.15, 0.2) is 17.5 Å². The first-order chi connectivity index (χ1) is 10.2. The molecule has 1 heterocycles. The van der Waals surface area contributed by atoms with Gasteiger partial charge in [-0.1, -0.05) is 6.07 Å². The van der Waals surface area contributed by atoms with Crippen molar-refractivity contribution in [3.63, 3.8) is 0 Å². The van der Waals surface area contributed by atoms with E-state index in [-0.39, 0.29) is 36.3 Å². The van der Waals surface area contributed by atoms with Crippen LogP contribution >= 0.6 is 11.3 Å². The maximum atomic E-state index is 12.1. The lowest BCUT2D eigenvalue weighted by Crippen LogP contribution is -2.49. The third-order valence-electron chi connectivity index (χ3n) is 2.73. The average molecular weight is 325 g/mol. The molecule has 0 unspecified atom stereocenters. The Bertz CT molecular complexity index is 521. The first-order valence-electron chi connectivity index (χ1n) is 7.13. The van der Waals surface area contributed by atoms with Crippen molar-refractivity contribution in [3.05, 3.63) is 22.4 Å². The monoisotopic (exact) mass is 325 g/mol. The Labute approximate surface area is 134 Å². The molecule has 0 aliphatic heterocycles. The van der Waals surface area contributed by atoms with E-state index >= 15 is 0 Å². The Morgan fingerprint density at radius 2 is 1.95 bits per heavy atom. The van der Waals surface area contributed by atoms with Crippen LogP contribution in [0.2, 0.25) is 0 Å². The van der Waals surface area contributed by atoms with Gasteiger partial charge in [-0.3, -0.25) is 14.4 Å². The highest BCUT2D eigenvalue weighted by Crippen LogP contribution is 2.07. The zero-order valence-corrected chi connectivity index (χ0v) is 14.3. The fraction of sp³-hybridized carbons (Fsp3) is 0.533. The molecule has 0 aliphatic carbocycles. The molecule has 2 N–H and O–H groups in total. The van der Waals surface area contributed by atoms with E-state index in [1.807, 2.05) is 20.8 Å². The first-order valence-corrected chi connectivity index (χ1v) is 8.01. The molecule has 0 fully saturated rings. The molecule has 0 radical (unpaired) electrons. The predicted octanol–water partition coefficient (Wildman–Crippen LogP) is 1.24. The first kappa shape index (κ1) is 18.2. The zero-order valence-electron chi connectivity index (χ0n) is 13.4. The maximum absolute atomic E-state index is 12.1. The number of rotatable bonds is 6. The van der Waals surface area contributed by atoms with E-state index in [2.05, 4.69) is 10.6 Å². The second kappa shape index (κ2) is 7.93. The van der Waals surface area contributed by atoms with Crippen LogP contribution < -0.4 is 10.6 Å². The molecule has 0 saturated carbocycles. The predicted molar refractivity (Wildman–Crippen MR) is 86.8 cm³/mol. The number of hydrogen-bond acceptors (Lipinski definition) is 4. The molecule has 0 bridgehead atoms. The molecular weight excluding hydrogens is 302 g/mol. The van der Waals surface area contributed by atoms with Crippen molar-refractivity contribution >= 4 is 29.1 Å². The number of hydrogen-bond donors (Lipinski definition) is 2. The highest BCUT2D eigenvalue weighted by Gasteiger charge is 2.19. The molecule has 0 aromatic carbocycles. The third kappa shape index (κ3) is 6.26. The van der Waals surface area contributed by atoms with Gasteiger partial charge < -0.3 is 15.5 Å². The van der Waals surface area contributed by atoms with Crippen LogP contribution in [0.1, 0.15) is 37.4 Å². The van der Waals surface area contributed by atoms with E-state index in [4.69, 9.17) is 0 Å². The van der Waals surface area contributed by atoms with Gasteiger partial charge in [0.25, 0.3) is 5.91 Å². The van der Waals surface area contributed by atoms with E-state index in [0.29, 0.717) is 11.4 Å². The molecular formula is C15H23N3O3S. The van der Waals surface area contributed by atoms with E-state index in [0.717, 1.165) is 0 Å². The summed E-state index contributed by atoms with van der Waals surface area (Å²) in [6.45, 7) is 7.71. The minimum atomic E-state index is -0.340. The van der Waals surface area contributed by atoms with Gasteiger partial charge in [-0.25, -0.2) is 0 Å². The Balaban J connectivity index is 2.47. The van der Waals surface area contributed by atoms with Gasteiger partial charge in [0.15, 0.2) is 0 Å². The van der Waals surface area contributed by atoms with Crippen molar-refractivity contribution < 1.29 is 14.4 Å². The summed E-state index contributed by atoms with van der Waals surface area (Å²) in [5.41, 5.74) is -0.340. The summed E-state index contributed by atoms with van der Waals surface area (Å²) in [4.78, 5) is 37.7. The molecule has 0 atom stereocenters. The lowest BCUT2D eigenvalue weighted by molar-refractivity contribution is -0.135. The van der Waals surface area contributed by atoms with Crippen LogP contribution in [-0.2, 0) is 9.59 Å². The van der Waals surface area contributed by atoms with Gasteiger partial charge in [-0.05, 0) is 39.1 Å². The van der Waals surface area contributed by atoms with Gasteiger partial charge in [0.1, 0.15) is 0 Å². The second-order valence-electron chi connectivity index (χ2n) is 5.87. The summed E-state index contributed by atoms with van der Waals surface area (Å²) in [6, 6.07) is 3.47. The molecule has 0 spiro atoms. The van der Waals surface area contributed by atoms with E-state index in [9.17, 15) is 14.4 Å². The maximum Gasteiger partial charge on any atom is 0.261 e. The molecule has 6 nitrogen and oxygen atoms in total. The van der Waals surface area contributed by atoms with Crippen molar-refractivity contribution in [2.75, 3.05) is 19.6 Å². The average Bonchev–Trinajstić information content (AvgIpc) is 2.93. The van der Waals surface area contributed by atoms with Gasteiger partial charge in [-0.15, -0.1) is 11.3 Å². The summed E-state index contributed by atoms with van der Waals surface area (Å²) >= 11 is 1.31. The van der Waals surface area contributed by atoms with Gasteiger partial charge in [0.05, 0.1) is 18.0 Å². The summed E-state index contributed by atoms with van der Waals surface area (Å²) in [5.74, 6) is -0.776. The van der Waals surface area contributed by atoms with E-state index in [1.54, 1.807) is 24.4 Å². The molecule has 1 aromatic heterocycles. The fourth-order valence-electron chi connectivity index (χ4n) is 1.77. The molecule has 3 amide bonds. The highest BCUT2D eigenvalue weighted by molar-refractivity contribution is 7.12. The third-order valence-corrected chi connectivity index (χ3v) is 3.60. The molecule has 122 valence electrons. The number of amides is 3. The number of carbonyl (C=O) groups is 3. The summed E-state index contributed by atoms with van der Waals surface area (Å²) in [5, 5.41) is 7.17. The molecule has 1 aromatic rings. The Kier molecular flexibility index (Phi) is 6.55. The highest BCUT2D eigenvalue weighted by atomic mass is 32.1. The quantitative estimate of drug-likeness (QED) is 0.826. The van der Waals surface area contributed by atoms with Crippen LogP contribution in [0.4, 0.5) is 0 Å². The molecule has 1 rings (SSSR count). The summed E-state index contributed by atoms with van der Waals surface area (Å²) in [7, 11) is 0. The Hall–Kier alpha value is -1.89. The minimum Gasteiger partial charge on any atom is -0.350 e. The van der Waals surface area contributed by atoms with Crippen molar-refractivity contribution in [2.24, 2.45) is 0 Å². The van der Waals surface area contributed by atoms with Crippen LogP contribution in [-0.4, -0.2) is 47.8 Å². The number of carbonyl (C=O) groups excluding carboxylic acids is 3. The number of nitrogens with one attached hydrogen (secondary N) is 2. The number of nitrogens with zero attached hydrogens (tertiary/aromatic N) is 1. The zero-order chi connectivity index (χ0) is 16.8. The smallest absolute Gasteiger partial charge is 0.261 e. The SMILES string of the molecule is CCN(CC(=O)NC(C)(C)C)C(=O)CNC(=O)c1cccs1. The number of thiophene rings is 1. The Morgan fingerprint density at radius 3 is 2.45 bits per heavy atom. The number of likely N-dealkylation sites (N-methyl/N-ethyl adjacent to an activating group) is 1. The largest absolute Gasteiger partial charge is 0.350 e. The normalized spacial score (nSPS) is 10.9. The topological polar surface area (TPSA) is 78.5 Å². The lowest BCUT2D eigenvalue weighted by atomic mass is 10.1. The van der Waals surface area contributed by atoms with Gasteiger partial charge in [0, 0.05) is 12.1 Å². The van der Waals surface area contributed by atoms with Gasteiger partial charge in [-0.2, -0.15) is 0 Å². The van der Waals surface area contributed by atoms with E-state index in [1.165, 1.54) is 16.2 Å².